The maximum absolute atomic E-state index is 12.6. The average molecular weight is 351 g/mol. The van der Waals surface area contributed by atoms with Gasteiger partial charge in [0.2, 0.25) is 0 Å². The van der Waals surface area contributed by atoms with Gasteiger partial charge in [0.25, 0.3) is 0 Å². The molecular formula is C21H15ClO3. The highest BCUT2D eigenvalue weighted by Crippen LogP contribution is 2.26. The highest BCUT2D eigenvalue weighted by Gasteiger charge is 2.17. The number of Topliss-reactive ketones (excluding diaryl/α,β-unsaturated/α-hetero) is 2. The van der Waals surface area contributed by atoms with Crippen molar-refractivity contribution in [3.8, 4) is 11.5 Å². The molecule has 0 aliphatic carbocycles. The molecule has 0 heterocycles. The van der Waals surface area contributed by atoms with E-state index in [9.17, 15) is 9.59 Å². The Labute approximate surface area is 150 Å². The Morgan fingerprint density at radius 1 is 0.760 bits per heavy atom. The summed E-state index contributed by atoms with van der Waals surface area (Å²) in [6.45, 7) is 0. The number of benzene rings is 3. The van der Waals surface area contributed by atoms with Gasteiger partial charge in [-0.1, -0.05) is 41.9 Å². The molecule has 0 aliphatic rings. The van der Waals surface area contributed by atoms with Crippen molar-refractivity contribution in [2.45, 2.75) is 6.42 Å². The molecule has 3 rings (SSSR count). The highest BCUT2D eigenvalue weighted by atomic mass is 35.5. The summed E-state index contributed by atoms with van der Waals surface area (Å²) >= 11 is 5.82. The van der Waals surface area contributed by atoms with E-state index in [-0.39, 0.29) is 18.0 Å². The SMILES string of the molecule is O=C(CC(=O)c1ccccc1Oc1ccccc1)c1ccc(Cl)cc1. The fourth-order valence-corrected chi connectivity index (χ4v) is 2.51. The molecule has 0 saturated heterocycles. The maximum atomic E-state index is 12.6. The van der Waals surface area contributed by atoms with Crippen molar-refractivity contribution in [2.24, 2.45) is 0 Å². The van der Waals surface area contributed by atoms with Gasteiger partial charge in [-0.2, -0.15) is 0 Å². The van der Waals surface area contributed by atoms with Gasteiger partial charge in [-0.05, 0) is 48.5 Å². The predicted molar refractivity (Wildman–Crippen MR) is 97.7 cm³/mol. The van der Waals surface area contributed by atoms with Crippen LogP contribution in [0.25, 0.3) is 0 Å². The molecule has 124 valence electrons. The minimum Gasteiger partial charge on any atom is -0.457 e. The van der Waals surface area contributed by atoms with Crippen LogP contribution in [-0.2, 0) is 0 Å². The van der Waals surface area contributed by atoms with Crippen molar-refractivity contribution in [3.63, 3.8) is 0 Å². The molecular weight excluding hydrogens is 336 g/mol. The normalized spacial score (nSPS) is 10.3. The first-order chi connectivity index (χ1) is 12.1. The molecule has 0 amide bonds. The third-order valence-corrected chi connectivity index (χ3v) is 3.90. The van der Waals surface area contributed by atoms with Crippen LogP contribution in [-0.4, -0.2) is 11.6 Å². The summed E-state index contributed by atoms with van der Waals surface area (Å²) < 4.78 is 5.78. The minimum absolute atomic E-state index is 0.225. The van der Waals surface area contributed by atoms with Crippen LogP contribution < -0.4 is 4.74 Å². The molecule has 0 saturated carbocycles. The Morgan fingerprint density at radius 2 is 1.40 bits per heavy atom. The number of hydrogen-bond acceptors (Lipinski definition) is 3. The Kier molecular flexibility index (Phi) is 5.26. The van der Waals surface area contributed by atoms with Crippen LogP contribution in [0, 0.1) is 0 Å². The number of hydrogen-bond donors (Lipinski definition) is 0. The summed E-state index contributed by atoms with van der Waals surface area (Å²) in [5.41, 5.74) is 0.841. The first-order valence-electron chi connectivity index (χ1n) is 7.77. The zero-order valence-corrected chi connectivity index (χ0v) is 14.1. The van der Waals surface area contributed by atoms with Gasteiger partial charge in [-0.25, -0.2) is 0 Å². The van der Waals surface area contributed by atoms with E-state index in [0.717, 1.165) is 0 Å². The molecule has 4 heteroatoms. The van der Waals surface area contributed by atoms with E-state index in [1.54, 1.807) is 60.7 Å². The number of rotatable bonds is 6. The van der Waals surface area contributed by atoms with Crippen molar-refractivity contribution in [3.05, 3.63) is 95.0 Å². The molecule has 0 aliphatic heterocycles. The second-order valence-electron chi connectivity index (χ2n) is 5.44. The van der Waals surface area contributed by atoms with Gasteiger partial charge in [-0.3, -0.25) is 9.59 Å². The topological polar surface area (TPSA) is 43.4 Å². The van der Waals surface area contributed by atoms with Crippen LogP contribution in [0.15, 0.2) is 78.9 Å². The van der Waals surface area contributed by atoms with Gasteiger partial charge in [0.15, 0.2) is 11.6 Å². The van der Waals surface area contributed by atoms with Crippen LogP contribution in [0.1, 0.15) is 27.1 Å². The number of carbonyl (C=O) groups excluding carboxylic acids is 2. The lowest BCUT2D eigenvalue weighted by Crippen LogP contribution is -2.09. The quantitative estimate of drug-likeness (QED) is 0.430. The molecule has 3 aromatic rings. The maximum Gasteiger partial charge on any atom is 0.174 e. The van der Waals surface area contributed by atoms with Crippen molar-refractivity contribution in [2.75, 3.05) is 0 Å². The lowest BCUT2D eigenvalue weighted by atomic mass is 10.0. The molecule has 0 N–H and O–H groups in total. The second-order valence-corrected chi connectivity index (χ2v) is 5.88. The van der Waals surface area contributed by atoms with Crippen LogP contribution in [0.5, 0.6) is 11.5 Å². The Bertz CT molecular complexity index is 887. The van der Waals surface area contributed by atoms with Crippen LogP contribution in [0.2, 0.25) is 5.02 Å². The molecule has 0 radical (unpaired) electrons. The third-order valence-electron chi connectivity index (χ3n) is 3.65. The number of ether oxygens (including phenoxy) is 1. The average Bonchev–Trinajstić information content (AvgIpc) is 2.63. The van der Waals surface area contributed by atoms with Crippen molar-refractivity contribution >= 4 is 23.2 Å². The molecule has 0 aromatic heterocycles. The van der Waals surface area contributed by atoms with Crippen LogP contribution in [0.3, 0.4) is 0 Å². The van der Waals surface area contributed by atoms with Crippen molar-refractivity contribution in [1.29, 1.82) is 0 Å². The van der Waals surface area contributed by atoms with Gasteiger partial charge < -0.3 is 4.74 Å². The molecule has 0 atom stereocenters. The Hall–Kier alpha value is -2.91. The lowest BCUT2D eigenvalue weighted by Gasteiger charge is -2.10. The van der Waals surface area contributed by atoms with E-state index < -0.39 is 0 Å². The van der Waals surface area contributed by atoms with Crippen molar-refractivity contribution in [1.82, 2.24) is 0 Å². The summed E-state index contributed by atoms with van der Waals surface area (Å²) in [7, 11) is 0. The number of ketones is 2. The van der Waals surface area contributed by atoms with Crippen LogP contribution >= 0.6 is 11.6 Å². The molecule has 0 unspecified atom stereocenters. The minimum atomic E-state index is -0.286. The number of halogens is 1. The Morgan fingerprint density at radius 3 is 2.12 bits per heavy atom. The van der Waals surface area contributed by atoms with E-state index in [4.69, 9.17) is 16.3 Å². The van der Waals surface area contributed by atoms with E-state index >= 15 is 0 Å². The van der Waals surface area contributed by atoms with E-state index in [1.165, 1.54) is 0 Å². The number of para-hydroxylation sites is 2. The van der Waals surface area contributed by atoms with E-state index in [1.807, 2.05) is 18.2 Å². The number of carbonyl (C=O) groups is 2. The Balaban J connectivity index is 1.78. The zero-order valence-electron chi connectivity index (χ0n) is 13.3. The summed E-state index contributed by atoms with van der Waals surface area (Å²) in [6, 6.07) is 22.6. The lowest BCUT2D eigenvalue weighted by molar-refractivity contribution is 0.0893. The highest BCUT2D eigenvalue weighted by molar-refractivity contribution is 6.30. The molecule has 3 nitrogen and oxygen atoms in total. The fraction of sp³-hybridized carbons (Fsp3) is 0.0476. The van der Waals surface area contributed by atoms with Gasteiger partial charge in [-0.15, -0.1) is 0 Å². The third kappa shape index (κ3) is 4.34. The monoisotopic (exact) mass is 350 g/mol. The zero-order chi connectivity index (χ0) is 17.6. The van der Waals surface area contributed by atoms with Crippen molar-refractivity contribution < 1.29 is 14.3 Å². The molecule has 25 heavy (non-hydrogen) atoms. The molecule has 0 bridgehead atoms. The summed E-state index contributed by atoms with van der Waals surface area (Å²) in [6.07, 6.45) is -0.225. The standard InChI is InChI=1S/C21H15ClO3/c22-16-12-10-15(11-13-16)19(23)14-20(24)18-8-4-5-9-21(18)25-17-6-2-1-3-7-17/h1-13H,14H2. The van der Waals surface area contributed by atoms with Gasteiger partial charge >= 0.3 is 0 Å². The smallest absolute Gasteiger partial charge is 0.174 e. The van der Waals surface area contributed by atoms with Crippen LogP contribution in [0.4, 0.5) is 0 Å². The van der Waals surface area contributed by atoms with Gasteiger partial charge in [0.05, 0.1) is 12.0 Å². The molecule has 3 aromatic carbocycles. The van der Waals surface area contributed by atoms with Gasteiger partial charge in [0, 0.05) is 10.6 Å². The second kappa shape index (κ2) is 7.77. The summed E-state index contributed by atoms with van der Waals surface area (Å²) in [4.78, 5) is 24.9. The largest absolute Gasteiger partial charge is 0.457 e. The molecule has 0 fully saturated rings. The first-order valence-corrected chi connectivity index (χ1v) is 8.15. The summed E-state index contributed by atoms with van der Waals surface area (Å²) in [5, 5.41) is 0.546. The predicted octanol–water partition coefficient (Wildman–Crippen LogP) is 5.59. The fourth-order valence-electron chi connectivity index (χ4n) is 2.38. The molecule has 0 spiro atoms. The van der Waals surface area contributed by atoms with E-state index in [0.29, 0.717) is 27.6 Å². The van der Waals surface area contributed by atoms with Gasteiger partial charge in [0.1, 0.15) is 11.5 Å². The van der Waals surface area contributed by atoms with E-state index in [2.05, 4.69) is 0 Å². The summed E-state index contributed by atoms with van der Waals surface area (Å²) in [5.74, 6) is 0.525. The first kappa shape index (κ1) is 16.9.